The van der Waals surface area contributed by atoms with Crippen molar-refractivity contribution in [1.82, 2.24) is 0 Å². The van der Waals surface area contributed by atoms with E-state index in [2.05, 4.69) is 11.4 Å². The Morgan fingerprint density at radius 2 is 2.10 bits per heavy atom. The zero-order valence-electron chi connectivity index (χ0n) is 11.9. The second kappa shape index (κ2) is 5.78. The summed E-state index contributed by atoms with van der Waals surface area (Å²) in [6.45, 7) is 3.03. The van der Waals surface area contributed by atoms with Crippen LogP contribution in [0.5, 0.6) is 0 Å². The molecule has 0 fully saturated rings. The van der Waals surface area contributed by atoms with Gasteiger partial charge in [-0.1, -0.05) is 35.9 Å². The van der Waals surface area contributed by atoms with Gasteiger partial charge in [0.2, 0.25) is 5.91 Å². The molecule has 0 atom stereocenters. The summed E-state index contributed by atoms with van der Waals surface area (Å²) in [5.74, 6) is 0.0827. The molecule has 2 aromatic rings. The van der Waals surface area contributed by atoms with Gasteiger partial charge in [-0.15, -0.1) is 0 Å². The predicted octanol–water partition coefficient (Wildman–Crippen LogP) is 3.65. The summed E-state index contributed by atoms with van der Waals surface area (Å²) < 4.78 is 0. The van der Waals surface area contributed by atoms with Crippen molar-refractivity contribution in [3.8, 4) is 0 Å². The first kappa shape index (κ1) is 14.0. The molecule has 21 heavy (non-hydrogen) atoms. The third-order valence-electron chi connectivity index (χ3n) is 3.82. The van der Waals surface area contributed by atoms with Crippen LogP contribution < -0.4 is 10.2 Å². The van der Waals surface area contributed by atoms with Gasteiger partial charge in [0.15, 0.2) is 0 Å². The van der Waals surface area contributed by atoms with E-state index in [-0.39, 0.29) is 12.5 Å². The Bertz CT molecular complexity index is 684. The van der Waals surface area contributed by atoms with Crippen LogP contribution >= 0.6 is 11.6 Å². The van der Waals surface area contributed by atoms with Gasteiger partial charge in [-0.3, -0.25) is 4.79 Å². The van der Waals surface area contributed by atoms with E-state index in [1.165, 1.54) is 5.56 Å². The monoisotopic (exact) mass is 300 g/mol. The van der Waals surface area contributed by atoms with Crippen LogP contribution in [0.4, 0.5) is 11.4 Å². The zero-order chi connectivity index (χ0) is 14.8. The number of hydrogen-bond acceptors (Lipinski definition) is 2. The van der Waals surface area contributed by atoms with Gasteiger partial charge in [0, 0.05) is 22.9 Å². The number of aryl methyl sites for hydroxylation is 1. The van der Waals surface area contributed by atoms with E-state index in [4.69, 9.17) is 11.6 Å². The Labute approximate surface area is 129 Å². The van der Waals surface area contributed by atoms with Crippen LogP contribution in [0.3, 0.4) is 0 Å². The molecule has 0 saturated heterocycles. The summed E-state index contributed by atoms with van der Waals surface area (Å²) >= 11 is 5.99. The van der Waals surface area contributed by atoms with E-state index in [0.29, 0.717) is 5.02 Å². The number of para-hydroxylation sites is 1. The summed E-state index contributed by atoms with van der Waals surface area (Å²) in [5, 5.41) is 3.85. The maximum absolute atomic E-state index is 12.4. The number of carbonyl (C=O) groups excluding carboxylic acids is 1. The smallest absolute Gasteiger partial charge is 0.246 e. The second-order valence-corrected chi connectivity index (χ2v) is 5.67. The molecule has 0 aromatic heterocycles. The standard InChI is InChI=1S/C17H17ClN2O/c1-12-6-7-14(18)10-15(12)19-11-17(21)20-9-8-13-4-2-3-5-16(13)20/h2-7,10,19H,8-9,11H2,1H3. The van der Waals surface area contributed by atoms with Crippen molar-refractivity contribution in [2.24, 2.45) is 0 Å². The van der Waals surface area contributed by atoms with Gasteiger partial charge < -0.3 is 10.2 Å². The largest absolute Gasteiger partial charge is 0.376 e. The van der Waals surface area contributed by atoms with E-state index in [1.807, 2.05) is 48.2 Å². The topological polar surface area (TPSA) is 32.3 Å². The number of hydrogen-bond donors (Lipinski definition) is 1. The molecule has 0 bridgehead atoms. The molecule has 3 rings (SSSR count). The lowest BCUT2D eigenvalue weighted by Crippen LogP contribution is -2.34. The Morgan fingerprint density at radius 3 is 2.95 bits per heavy atom. The summed E-state index contributed by atoms with van der Waals surface area (Å²) in [6, 6.07) is 13.7. The third-order valence-corrected chi connectivity index (χ3v) is 4.05. The number of carbonyl (C=O) groups is 1. The highest BCUT2D eigenvalue weighted by molar-refractivity contribution is 6.30. The van der Waals surface area contributed by atoms with Crippen molar-refractivity contribution < 1.29 is 4.79 Å². The number of halogens is 1. The van der Waals surface area contributed by atoms with Crippen LogP contribution in [0.15, 0.2) is 42.5 Å². The van der Waals surface area contributed by atoms with E-state index in [9.17, 15) is 4.79 Å². The SMILES string of the molecule is Cc1ccc(Cl)cc1NCC(=O)N1CCc2ccccc21. The fourth-order valence-corrected chi connectivity index (χ4v) is 2.82. The van der Waals surface area contributed by atoms with Crippen molar-refractivity contribution >= 4 is 28.9 Å². The van der Waals surface area contributed by atoms with E-state index in [1.54, 1.807) is 0 Å². The number of amides is 1. The molecule has 0 saturated carbocycles. The first-order valence-electron chi connectivity index (χ1n) is 7.03. The first-order chi connectivity index (χ1) is 10.1. The lowest BCUT2D eigenvalue weighted by Gasteiger charge is -2.18. The van der Waals surface area contributed by atoms with E-state index in [0.717, 1.165) is 29.9 Å². The van der Waals surface area contributed by atoms with Crippen LogP contribution in [-0.4, -0.2) is 19.0 Å². The second-order valence-electron chi connectivity index (χ2n) is 5.24. The minimum atomic E-state index is 0.0827. The molecule has 1 N–H and O–H groups in total. The fraction of sp³-hybridized carbons (Fsp3) is 0.235. The average Bonchev–Trinajstić information content (AvgIpc) is 2.92. The lowest BCUT2D eigenvalue weighted by molar-refractivity contribution is -0.116. The molecular formula is C17H17ClN2O. The first-order valence-corrected chi connectivity index (χ1v) is 7.41. The highest BCUT2D eigenvalue weighted by Gasteiger charge is 2.23. The normalized spacial score (nSPS) is 13.1. The molecule has 0 radical (unpaired) electrons. The number of nitrogens with zero attached hydrogens (tertiary/aromatic N) is 1. The van der Waals surface area contributed by atoms with Crippen molar-refractivity contribution in [1.29, 1.82) is 0 Å². The molecule has 1 aliphatic heterocycles. The summed E-state index contributed by atoms with van der Waals surface area (Å²) in [6.07, 6.45) is 0.929. The molecule has 4 heteroatoms. The maximum Gasteiger partial charge on any atom is 0.246 e. The molecule has 108 valence electrons. The molecule has 0 spiro atoms. The van der Waals surface area contributed by atoms with Crippen LogP contribution in [-0.2, 0) is 11.2 Å². The molecule has 1 amide bonds. The molecule has 2 aromatic carbocycles. The molecule has 3 nitrogen and oxygen atoms in total. The van der Waals surface area contributed by atoms with E-state index >= 15 is 0 Å². The van der Waals surface area contributed by atoms with Crippen LogP contribution in [0.25, 0.3) is 0 Å². The van der Waals surface area contributed by atoms with Crippen LogP contribution in [0, 0.1) is 6.92 Å². The minimum absolute atomic E-state index is 0.0827. The zero-order valence-corrected chi connectivity index (χ0v) is 12.7. The molecule has 1 aliphatic rings. The van der Waals surface area contributed by atoms with Crippen molar-refractivity contribution in [2.75, 3.05) is 23.3 Å². The number of anilines is 2. The quantitative estimate of drug-likeness (QED) is 0.938. The van der Waals surface area contributed by atoms with Crippen molar-refractivity contribution in [3.63, 3.8) is 0 Å². The van der Waals surface area contributed by atoms with Crippen LogP contribution in [0.1, 0.15) is 11.1 Å². The Morgan fingerprint density at radius 1 is 1.29 bits per heavy atom. The molecular weight excluding hydrogens is 284 g/mol. The lowest BCUT2D eigenvalue weighted by atomic mass is 10.2. The summed E-state index contributed by atoms with van der Waals surface area (Å²) in [5.41, 5.74) is 4.26. The number of benzene rings is 2. The predicted molar refractivity (Wildman–Crippen MR) is 87.2 cm³/mol. The number of fused-ring (bicyclic) bond motifs is 1. The maximum atomic E-state index is 12.4. The number of nitrogens with one attached hydrogen (secondary N) is 1. The highest BCUT2D eigenvalue weighted by atomic mass is 35.5. The number of rotatable bonds is 3. The van der Waals surface area contributed by atoms with Crippen molar-refractivity contribution in [2.45, 2.75) is 13.3 Å². The van der Waals surface area contributed by atoms with Crippen molar-refractivity contribution in [3.05, 3.63) is 58.6 Å². The van der Waals surface area contributed by atoms with Crippen LogP contribution in [0.2, 0.25) is 5.02 Å². The third kappa shape index (κ3) is 2.88. The summed E-state index contributed by atoms with van der Waals surface area (Å²) in [7, 11) is 0. The van der Waals surface area contributed by atoms with Gasteiger partial charge in [-0.05, 0) is 42.7 Å². The molecule has 0 unspecified atom stereocenters. The molecule has 1 heterocycles. The fourth-order valence-electron chi connectivity index (χ4n) is 2.65. The van der Waals surface area contributed by atoms with Gasteiger partial charge in [-0.25, -0.2) is 0 Å². The Kier molecular flexibility index (Phi) is 3.84. The minimum Gasteiger partial charge on any atom is -0.376 e. The van der Waals surface area contributed by atoms with Gasteiger partial charge in [0.1, 0.15) is 0 Å². The van der Waals surface area contributed by atoms with Gasteiger partial charge >= 0.3 is 0 Å². The van der Waals surface area contributed by atoms with E-state index < -0.39 is 0 Å². The van der Waals surface area contributed by atoms with Gasteiger partial charge in [0.25, 0.3) is 0 Å². The highest BCUT2D eigenvalue weighted by Crippen LogP contribution is 2.27. The van der Waals surface area contributed by atoms with Gasteiger partial charge in [-0.2, -0.15) is 0 Å². The Hall–Kier alpha value is -2.00. The molecule has 0 aliphatic carbocycles. The van der Waals surface area contributed by atoms with Gasteiger partial charge in [0.05, 0.1) is 6.54 Å². The summed E-state index contributed by atoms with van der Waals surface area (Å²) in [4.78, 5) is 14.3. The Balaban J connectivity index is 1.69. The average molecular weight is 301 g/mol.